The number of rotatable bonds is 2. The quantitative estimate of drug-likeness (QED) is 0.391. The molecule has 3 aromatic carbocycles. The van der Waals surface area contributed by atoms with E-state index in [-0.39, 0.29) is 0 Å². The smallest absolute Gasteiger partial charge is 0.287 e. The molecule has 1 aliphatic rings. The van der Waals surface area contributed by atoms with Gasteiger partial charge in [0.1, 0.15) is 16.9 Å². The van der Waals surface area contributed by atoms with Gasteiger partial charge in [-0.15, -0.1) is 0 Å². The number of hydrogen-bond donors (Lipinski definition) is 0. The van der Waals surface area contributed by atoms with Gasteiger partial charge in [0.2, 0.25) is 0 Å². The van der Waals surface area contributed by atoms with E-state index >= 15 is 0 Å². The van der Waals surface area contributed by atoms with Crippen LogP contribution in [0.25, 0.3) is 32.9 Å². The van der Waals surface area contributed by atoms with Crippen molar-refractivity contribution in [2.45, 2.75) is 27.2 Å². The van der Waals surface area contributed by atoms with Crippen molar-refractivity contribution < 1.29 is 9.30 Å². The molecule has 2 heterocycles. The highest BCUT2D eigenvalue weighted by Crippen LogP contribution is 2.48. The summed E-state index contributed by atoms with van der Waals surface area (Å²) in [5, 5.41) is 3.59. The molecule has 5 rings (SSSR count). The lowest BCUT2D eigenvalue weighted by Gasteiger charge is -2.23. The van der Waals surface area contributed by atoms with Gasteiger partial charge in [-0.1, -0.05) is 38.1 Å². The number of benzene rings is 3. The summed E-state index contributed by atoms with van der Waals surface area (Å²) in [5.41, 5.74) is 5.90. The summed E-state index contributed by atoms with van der Waals surface area (Å²) < 4.78 is 8.58. The highest BCUT2D eigenvalue weighted by atomic mass is 16.5. The molecule has 0 spiro atoms. The monoisotopic (exact) mass is 355 g/mol. The van der Waals surface area contributed by atoms with Crippen molar-refractivity contribution in [1.29, 1.82) is 0 Å². The first-order valence-corrected chi connectivity index (χ1v) is 9.54. The van der Waals surface area contributed by atoms with Gasteiger partial charge >= 0.3 is 0 Å². The van der Waals surface area contributed by atoms with Gasteiger partial charge in [-0.3, -0.25) is 0 Å². The second kappa shape index (κ2) is 5.78. The van der Waals surface area contributed by atoms with Crippen molar-refractivity contribution in [1.82, 2.24) is 4.98 Å². The van der Waals surface area contributed by atoms with E-state index in [9.17, 15) is 0 Å². The van der Waals surface area contributed by atoms with Crippen molar-refractivity contribution >= 4 is 21.7 Å². The van der Waals surface area contributed by atoms with Crippen LogP contribution in [0.15, 0.2) is 48.8 Å². The number of hydrogen-bond acceptors (Lipinski definition) is 2. The van der Waals surface area contributed by atoms with E-state index in [1.807, 2.05) is 6.33 Å². The molecule has 3 nitrogen and oxygen atoms in total. The van der Waals surface area contributed by atoms with Crippen molar-refractivity contribution in [3.63, 3.8) is 0 Å². The predicted molar refractivity (Wildman–Crippen MR) is 109 cm³/mol. The lowest BCUT2D eigenvalue weighted by Crippen LogP contribution is -2.32. The van der Waals surface area contributed by atoms with E-state index in [0.29, 0.717) is 5.92 Å². The zero-order valence-electron chi connectivity index (χ0n) is 16.2. The molecule has 0 amide bonds. The minimum atomic E-state index is 0.594. The lowest BCUT2D eigenvalue weighted by molar-refractivity contribution is -0.662. The third kappa shape index (κ3) is 2.42. The number of aryl methyl sites for hydroxylation is 2. The normalized spacial score (nSPS) is 12.5. The summed E-state index contributed by atoms with van der Waals surface area (Å²) in [6.45, 7) is 6.67. The second-order valence-electron chi connectivity index (χ2n) is 7.99. The maximum Gasteiger partial charge on any atom is 0.287 e. The van der Waals surface area contributed by atoms with Gasteiger partial charge in [-0.25, -0.2) is 4.57 Å². The van der Waals surface area contributed by atoms with Crippen LogP contribution in [0.5, 0.6) is 11.5 Å². The van der Waals surface area contributed by atoms with E-state index in [4.69, 9.17) is 9.72 Å². The third-order valence-corrected chi connectivity index (χ3v) is 5.47. The first kappa shape index (κ1) is 16.2. The highest BCUT2D eigenvalue weighted by Gasteiger charge is 2.30. The Morgan fingerprint density at radius 2 is 1.89 bits per heavy atom. The molecule has 27 heavy (non-hydrogen) atoms. The van der Waals surface area contributed by atoms with Crippen molar-refractivity contribution in [2.24, 2.45) is 13.0 Å². The molecule has 0 saturated heterocycles. The highest BCUT2D eigenvalue weighted by molar-refractivity contribution is 6.04. The zero-order chi connectivity index (χ0) is 18.7. The van der Waals surface area contributed by atoms with Crippen LogP contribution in [-0.2, 0) is 13.5 Å². The van der Waals surface area contributed by atoms with Crippen LogP contribution >= 0.6 is 0 Å². The lowest BCUT2D eigenvalue weighted by atomic mass is 9.92. The summed E-state index contributed by atoms with van der Waals surface area (Å²) >= 11 is 0. The molecule has 0 bridgehead atoms. The summed E-state index contributed by atoms with van der Waals surface area (Å²) in [6, 6.07) is 15.1. The average molecular weight is 355 g/mol. The van der Waals surface area contributed by atoms with Crippen molar-refractivity contribution in [2.75, 3.05) is 0 Å². The Balaban J connectivity index is 1.88. The van der Waals surface area contributed by atoms with Crippen LogP contribution < -0.4 is 9.30 Å². The van der Waals surface area contributed by atoms with Gasteiger partial charge in [-0.05, 0) is 64.3 Å². The van der Waals surface area contributed by atoms with Crippen LogP contribution in [0.3, 0.4) is 0 Å². The van der Waals surface area contributed by atoms with Gasteiger partial charge in [-0.2, -0.15) is 0 Å². The van der Waals surface area contributed by atoms with E-state index < -0.39 is 0 Å². The van der Waals surface area contributed by atoms with E-state index in [2.05, 4.69) is 74.9 Å². The molecule has 0 saturated carbocycles. The zero-order valence-corrected chi connectivity index (χ0v) is 16.2. The van der Waals surface area contributed by atoms with E-state index in [1.54, 1.807) is 0 Å². The first-order chi connectivity index (χ1) is 13.0. The number of nitrogens with zero attached hydrogens (tertiary/aromatic N) is 2. The summed E-state index contributed by atoms with van der Waals surface area (Å²) in [5.74, 6) is 2.45. The molecule has 1 aromatic heterocycles. The van der Waals surface area contributed by atoms with E-state index in [1.165, 1.54) is 33.2 Å². The Morgan fingerprint density at radius 1 is 1.07 bits per heavy atom. The standard InChI is InChI=1S/C24H23N2O/c1-14(2)9-16-10-19-23-20(11-16)27-21-12-17-7-5-6-8-18(17)15(3)22(21)24(23)26(4)13-25-19/h5-8,10-14H,9H2,1-4H3/q+1. The van der Waals surface area contributed by atoms with Gasteiger partial charge in [0.25, 0.3) is 6.33 Å². The fourth-order valence-corrected chi connectivity index (χ4v) is 4.34. The molecule has 0 fully saturated rings. The third-order valence-electron chi connectivity index (χ3n) is 5.47. The maximum absolute atomic E-state index is 6.46. The average Bonchev–Trinajstić information content (AvgIpc) is 2.63. The molecular formula is C24H23N2O+. The van der Waals surface area contributed by atoms with Gasteiger partial charge in [0, 0.05) is 0 Å². The minimum absolute atomic E-state index is 0.594. The maximum atomic E-state index is 6.46. The van der Waals surface area contributed by atoms with Crippen LogP contribution in [0.1, 0.15) is 25.0 Å². The van der Waals surface area contributed by atoms with Gasteiger partial charge in [0.15, 0.2) is 11.2 Å². The Bertz CT molecular complexity index is 1220. The number of ether oxygens (including phenoxy) is 1. The Kier molecular flexibility index (Phi) is 3.48. The molecule has 0 aliphatic carbocycles. The minimum Gasteiger partial charge on any atom is -0.456 e. The first-order valence-electron chi connectivity index (χ1n) is 9.54. The molecule has 3 heteroatoms. The van der Waals surface area contributed by atoms with Crippen LogP contribution in [-0.4, -0.2) is 4.98 Å². The molecule has 134 valence electrons. The largest absolute Gasteiger partial charge is 0.456 e. The summed E-state index contributed by atoms with van der Waals surface area (Å²) in [4.78, 5) is 4.70. The number of aromatic nitrogens is 2. The topological polar surface area (TPSA) is 26.0 Å². The molecule has 0 atom stereocenters. The van der Waals surface area contributed by atoms with Crippen molar-refractivity contribution in [3.05, 3.63) is 59.9 Å². The number of fused-ring (bicyclic) bond motifs is 3. The second-order valence-corrected chi connectivity index (χ2v) is 7.99. The van der Waals surface area contributed by atoms with Crippen LogP contribution in [0, 0.1) is 12.8 Å². The molecule has 0 N–H and O–H groups in total. The van der Waals surface area contributed by atoms with Crippen LogP contribution in [0.4, 0.5) is 0 Å². The van der Waals surface area contributed by atoms with Gasteiger partial charge < -0.3 is 4.74 Å². The summed E-state index contributed by atoms with van der Waals surface area (Å²) in [6.07, 6.45) is 2.94. The Morgan fingerprint density at radius 3 is 2.70 bits per heavy atom. The summed E-state index contributed by atoms with van der Waals surface area (Å²) in [7, 11) is 2.07. The van der Waals surface area contributed by atoms with Crippen LogP contribution in [0.2, 0.25) is 0 Å². The molecule has 0 radical (unpaired) electrons. The fraction of sp³-hybridized carbons (Fsp3) is 0.250. The Hall–Kier alpha value is -2.94. The SMILES string of the molecule is Cc1c2c(cc3ccccc13)Oc1cc(CC(C)C)cc3nc[n+](C)c-2c13. The molecule has 1 aliphatic heterocycles. The molecule has 0 unspecified atom stereocenters. The van der Waals surface area contributed by atoms with Gasteiger partial charge in [0.05, 0.1) is 12.6 Å². The predicted octanol–water partition coefficient (Wildman–Crippen LogP) is 5.49. The fourth-order valence-electron chi connectivity index (χ4n) is 4.34. The molecular weight excluding hydrogens is 332 g/mol. The molecule has 4 aromatic rings. The Labute approximate surface area is 159 Å². The van der Waals surface area contributed by atoms with Crippen molar-refractivity contribution in [3.8, 4) is 22.8 Å². The van der Waals surface area contributed by atoms with E-state index in [0.717, 1.165) is 28.8 Å².